The largest absolute Gasteiger partial charge is 0.445 e. The normalized spacial score (nSPS) is 20.9. The number of carbonyl (C=O) groups is 1. The third-order valence-electron chi connectivity index (χ3n) is 5.82. The van der Waals surface area contributed by atoms with E-state index in [4.69, 9.17) is 14.0 Å². The SMILES string of the molecule is C=CCOCC[C@@H]1C[C@]1(NC(=O)OCc1ccccc1)P(=O)(Cc1c(F)cccc1F)OCC. The van der Waals surface area contributed by atoms with E-state index in [0.717, 1.165) is 17.7 Å². The average Bonchev–Trinajstić information content (AvgIpc) is 3.53. The molecule has 0 radical (unpaired) electrons. The number of hydrogen-bond acceptors (Lipinski definition) is 5. The molecule has 9 heteroatoms. The number of hydrogen-bond donors (Lipinski definition) is 1. The Morgan fingerprint density at radius 2 is 1.91 bits per heavy atom. The van der Waals surface area contributed by atoms with Gasteiger partial charge >= 0.3 is 6.09 Å². The summed E-state index contributed by atoms with van der Waals surface area (Å²) < 4.78 is 59.5. The molecule has 3 atom stereocenters. The zero-order chi connectivity index (χ0) is 24.6. The molecule has 1 aliphatic rings. The fourth-order valence-electron chi connectivity index (χ4n) is 4.04. The van der Waals surface area contributed by atoms with Gasteiger partial charge in [0.15, 0.2) is 0 Å². The van der Waals surface area contributed by atoms with Crippen LogP contribution in [0.5, 0.6) is 0 Å². The summed E-state index contributed by atoms with van der Waals surface area (Å²) in [6.45, 7) is 6.03. The molecule has 6 nitrogen and oxygen atoms in total. The molecule has 2 aromatic carbocycles. The number of amides is 1. The highest BCUT2D eigenvalue weighted by atomic mass is 31.2. The number of rotatable bonds is 13. The highest BCUT2D eigenvalue weighted by molar-refractivity contribution is 7.60. The Labute approximate surface area is 198 Å². The second-order valence-corrected chi connectivity index (χ2v) is 10.8. The number of ether oxygens (including phenoxy) is 2. The maximum Gasteiger partial charge on any atom is 0.408 e. The van der Waals surface area contributed by atoms with Gasteiger partial charge in [0.2, 0.25) is 7.37 Å². The Morgan fingerprint density at radius 1 is 1.21 bits per heavy atom. The van der Waals surface area contributed by atoms with Crippen molar-refractivity contribution in [2.45, 2.75) is 37.8 Å². The zero-order valence-electron chi connectivity index (χ0n) is 19.2. The Morgan fingerprint density at radius 3 is 2.56 bits per heavy atom. The summed E-state index contributed by atoms with van der Waals surface area (Å²) in [5.74, 6) is -1.89. The van der Waals surface area contributed by atoms with Crippen molar-refractivity contribution >= 4 is 13.5 Å². The monoisotopic (exact) mass is 493 g/mol. The van der Waals surface area contributed by atoms with Gasteiger partial charge in [-0.05, 0) is 43.4 Å². The molecule has 0 spiro atoms. The van der Waals surface area contributed by atoms with Crippen molar-refractivity contribution in [3.05, 3.63) is 83.9 Å². The number of carbonyl (C=O) groups excluding carboxylic acids is 1. The molecule has 0 aliphatic heterocycles. The Hall–Kier alpha value is -2.54. The van der Waals surface area contributed by atoms with Gasteiger partial charge in [0.05, 0.1) is 19.4 Å². The minimum absolute atomic E-state index is 0.0245. The van der Waals surface area contributed by atoms with Gasteiger partial charge in [-0.15, -0.1) is 6.58 Å². The molecule has 1 saturated carbocycles. The third-order valence-corrected chi connectivity index (χ3v) is 9.11. The highest BCUT2D eigenvalue weighted by Gasteiger charge is 2.67. The molecule has 184 valence electrons. The molecule has 0 heterocycles. The van der Waals surface area contributed by atoms with Gasteiger partial charge in [0, 0.05) is 12.2 Å². The first-order valence-corrected chi connectivity index (χ1v) is 13.0. The van der Waals surface area contributed by atoms with Crippen LogP contribution >= 0.6 is 7.37 Å². The van der Waals surface area contributed by atoms with Gasteiger partial charge in [-0.3, -0.25) is 4.57 Å². The van der Waals surface area contributed by atoms with Gasteiger partial charge in [-0.1, -0.05) is 42.5 Å². The third kappa shape index (κ3) is 6.12. The van der Waals surface area contributed by atoms with E-state index in [9.17, 15) is 18.1 Å². The minimum atomic E-state index is -3.82. The van der Waals surface area contributed by atoms with E-state index in [1.54, 1.807) is 13.0 Å². The second kappa shape index (κ2) is 11.7. The maximum atomic E-state index is 14.4. The smallest absolute Gasteiger partial charge is 0.408 e. The van der Waals surface area contributed by atoms with E-state index >= 15 is 0 Å². The van der Waals surface area contributed by atoms with E-state index in [-0.39, 0.29) is 24.7 Å². The summed E-state index contributed by atoms with van der Waals surface area (Å²) in [6, 6.07) is 12.6. The first-order valence-electron chi connectivity index (χ1n) is 11.2. The van der Waals surface area contributed by atoms with Gasteiger partial charge in [0.1, 0.15) is 23.5 Å². The quantitative estimate of drug-likeness (QED) is 0.210. The lowest BCUT2D eigenvalue weighted by atomic mass is 10.2. The summed E-state index contributed by atoms with van der Waals surface area (Å²) in [5, 5.41) is 1.44. The first kappa shape index (κ1) is 26.1. The standard InChI is InChI=1S/C25H30F2NO5P/c1-3-14-31-15-13-20-16-25(20,28-24(29)32-17-19-9-6-5-7-10-19)34(30,33-4-2)18-21-22(26)11-8-12-23(21)27/h3,5-12,20H,1,4,13-18H2,2H3,(H,28,29)/t20-,25+,34?/m1/s1. The Bertz CT molecular complexity index is 1010. The summed E-state index contributed by atoms with van der Waals surface area (Å²) in [5.41, 5.74) is 0.463. The number of halogens is 2. The summed E-state index contributed by atoms with van der Waals surface area (Å²) in [7, 11) is -3.82. The Kier molecular flexibility index (Phi) is 9.00. The maximum absolute atomic E-state index is 14.4. The van der Waals surface area contributed by atoms with Crippen molar-refractivity contribution in [1.82, 2.24) is 5.32 Å². The molecule has 1 aliphatic carbocycles. The molecule has 3 rings (SSSR count). The van der Waals surface area contributed by atoms with Crippen LogP contribution in [-0.2, 0) is 31.3 Å². The molecule has 1 fully saturated rings. The first-order chi connectivity index (χ1) is 16.3. The van der Waals surface area contributed by atoms with Gasteiger partial charge in [-0.2, -0.15) is 0 Å². The lowest BCUT2D eigenvalue weighted by Gasteiger charge is -2.29. The lowest BCUT2D eigenvalue weighted by molar-refractivity contribution is 0.133. The molecular formula is C25H30F2NO5P. The van der Waals surface area contributed by atoms with Gasteiger partial charge in [0.25, 0.3) is 0 Å². The molecule has 34 heavy (non-hydrogen) atoms. The molecule has 0 bridgehead atoms. The molecule has 0 saturated heterocycles. The minimum Gasteiger partial charge on any atom is -0.445 e. The molecule has 2 aromatic rings. The van der Waals surface area contributed by atoms with E-state index in [1.807, 2.05) is 30.3 Å². The second-order valence-electron chi connectivity index (χ2n) is 8.11. The zero-order valence-corrected chi connectivity index (χ0v) is 20.1. The fraction of sp³-hybridized carbons (Fsp3) is 0.400. The summed E-state index contributed by atoms with van der Waals surface area (Å²) in [6.07, 6.45) is 1.16. The molecule has 1 amide bonds. The van der Waals surface area contributed by atoms with Crippen LogP contribution in [0.3, 0.4) is 0 Å². The van der Waals surface area contributed by atoms with E-state index in [1.165, 1.54) is 6.07 Å². The summed E-state index contributed by atoms with van der Waals surface area (Å²) in [4.78, 5) is 12.7. The average molecular weight is 493 g/mol. The van der Waals surface area contributed by atoms with Crippen LogP contribution in [0.2, 0.25) is 0 Å². The van der Waals surface area contributed by atoms with Crippen LogP contribution in [0.4, 0.5) is 13.6 Å². The number of benzene rings is 2. The fourth-order valence-corrected chi connectivity index (χ4v) is 7.23. The Balaban J connectivity index is 1.82. The lowest BCUT2D eigenvalue weighted by Crippen LogP contribution is -2.40. The van der Waals surface area contributed by atoms with Crippen LogP contribution in [0.15, 0.2) is 61.2 Å². The van der Waals surface area contributed by atoms with Crippen molar-refractivity contribution in [2.75, 3.05) is 19.8 Å². The number of nitrogens with one attached hydrogen (secondary N) is 1. The van der Waals surface area contributed by atoms with Crippen LogP contribution in [0.25, 0.3) is 0 Å². The van der Waals surface area contributed by atoms with Crippen LogP contribution < -0.4 is 5.32 Å². The van der Waals surface area contributed by atoms with Crippen LogP contribution in [0, 0.1) is 17.6 Å². The van der Waals surface area contributed by atoms with Crippen molar-refractivity contribution < 1.29 is 32.1 Å². The molecule has 1 N–H and O–H groups in total. The van der Waals surface area contributed by atoms with E-state index < -0.39 is 36.5 Å². The van der Waals surface area contributed by atoms with Crippen molar-refractivity contribution in [3.8, 4) is 0 Å². The molecule has 0 aromatic heterocycles. The van der Waals surface area contributed by atoms with E-state index in [0.29, 0.717) is 26.1 Å². The summed E-state index contributed by atoms with van der Waals surface area (Å²) >= 11 is 0. The topological polar surface area (TPSA) is 73.9 Å². The predicted molar refractivity (Wildman–Crippen MR) is 126 cm³/mol. The van der Waals surface area contributed by atoms with Crippen molar-refractivity contribution in [1.29, 1.82) is 0 Å². The molecule has 1 unspecified atom stereocenters. The van der Waals surface area contributed by atoms with Gasteiger partial charge < -0.3 is 19.3 Å². The predicted octanol–water partition coefficient (Wildman–Crippen LogP) is 6.01. The highest BCUT2D eigenvalue weighted by Crippen LogP contribution is 2.74. The number of alkyl carbamates (subject to hydrolysis) is 1. The van der Waals surface area contributed by atoms with Crippen LogP contribution in [-0.4, -0.2) is 31.2 Å². The van der Waals surface area contributed by atoms with Gasteiger partial charge in [-0.25, -0.2) is 13.6 Å². The van der Waals surface area contributed by atoms with Crippen molar-refractivity contribution in [3.63, 3.8) is 0 Å². The molecular weight excluding hydrogens is 463 g/mol. The van der Waals surface area contributed by atoms with Crippen LogP contribution in [0.1, 0.15) is 30.9 Å². The van der Waals surface area contributed by atoms with E-state index in [2.05, 4.69) is 11.9 Å². The van der Waals surface area contributed by atoms with Crippen molar-refractivity contribution in [2.24, 2.45) is 5.92 Å².